The second-order valence-electron chi connectivity index (χ2n) is 3.57. The normalized spacial score (nSPS) is 21.7. The van der Waals surface area contributed by atoms with Crippen molar-refractivity contribution in [3.8, 4) is 0 Å². The van der Waals surface area contributed by atoms with E-state index in [1.54, 1.807) is 12.3 Å². The van der Waals surface area contributed by atoms with Crippen molar-refractivity contribution in [1.82, 2.24) is 4.98 Å². The van der Waals surface area contributed by atoms with Crippen molar-refractivity contribution in [3.05, 3.63) is 23.5 Å². The molecule has 1 N–H and O–H groups in total. The highest BCUT2D eigenvalue weighted by Crippen LogP contribution is 2.24. The van der Waals surface area contributed by atoms with E-state index in [-0.39, 0.29) is 0 Å². The number of hydrogen-bond donors (Lipinski definition) is 1. The molecular weight excluding hydrogens is 198 g/mol. The summed E-state index contributed by atoms with van der Waals surface area (Å²) in [6, 6.07) is 3.66. The summed E-state index contributed by atoms with van der Waals surface area (Å²) >= 11 is 5.70. The minimum Gasteiger partial charge on any atom is -0.329 e. The van der Waals surface area contributed by atoms with Gasteiger partial charge in [-0.15, -0.1) is 0 Å². The molecule has 2 rings (SSSR count). The number of aromatic nitrogens is 1. The van der Waals surface area contributed by atoms with Crippen LogP contribution >= 0.6 is 11.6 Å². The Morgan fingerprint density at radius 3 is 2.86 bits per heavy atom. The highest BCUT2D eigenvalue weighted by Gasteiger charge is 2.25. The van der Waals surface area contributed by atoms with E-state index in [0.29, 0.717) is 16.9 Å². The third-order valence-electron chi connectivity index (χ3n) is 2.57. The van der Waals surface area contributed by atoms with Gasteiger partial charge in [-0.3, -0.25) is 5.41 Å². The number of nitrogens with one attached hydrogen (secondary N) is 1. The van der Waals surface area contributed by atoms with E-state index < -0.39 is 0 Å². The third kappa shape index (κ3) is 1.60. The number of amidine groups is 1. The molecule has 0 spiro atoms. The van der Waals surface area contributed by atoms with Gasteiger partial charge in [-0.05, 0) is 18.6 Å². The minimum absolute atomic E-state index is 0.352. The lowest BCUT2D eigenvalue weighted by molar-refractivity contribution is 0.761. The lowest BCUT2D eigenvalue weighted by Gasteiger charge is -2.18. The highest BCUT2D eigenvalue weighted by molar-refractivity contribution is 6.29. The van der Waals surface area contributed by atoms with Gasteiger partial charge in [0.2, 0.25) is 0 Å². The van der Waals surface area contributed by atoms with Crippen LogP contribution in [0.25, 0.3) is 0 Å². The number of anilines is 1. The van der Waals surface area contributed by atoms with Crippen molar-refractivity contribution in [2.45, 2.75) is 13.3 Å². The van der Waals surface area contributed by atoms with Crippen LogP contribution in [0.1, 0.15) is 13.3 Å². The summed E-state index contributed by atoms with van der Waals surface area (Å²) in [4.78, 5) is 5.99. The van der Waals surface area contributed by atoms with E-state index in [4.69, 9.17) is 17.0 Å². The molecule has 0 amide bonds. The Morgan fingerprint density at radius 2 is 2.36 bits per heavy atom. The summed E-state index contributed by atoms with van der Waals surface area (Å²) in [6.45, 7) is 2.98. The van der Waals surface area contributed by atoms with Crippen molar-refractivity contribution in [3.63, 3.8) is 0 Å². The predicted octanol–water partition coefficient (Wildman–Crippen LogP) is 2.56. The quantitative estimate of drug-likeness (QED) is 0.723. The van der Waals surface area contributed by atoms with Crippen LogP contribution in [0.5, 0.6) is 0 Å². The highest BCUT2D eigenvalue weighted by atomic mass is 35.5. The number of pyridine rings is 1. The lowest BCUT2D eigenvalue weighted by atomic mass is 10.1. The first kappa shape index (κ1) is 9.46. The van der Waals surface area contributed by atoms with Gasteiger partial charge < -0.3 is 4.90 Å². The van der Waals surface area contributed by atoms with E-state index in [1.165, 1.54) is 0 Å². The van der Waals surface area contributed by atoms with Crippen LogP contribution in [-0.4, -0.2) is 17.4 Å². The maximum Gasteiger partial charge on any atom is 0.129 e. The zero-order chi connectivity index (χ0) is 10.1. The molecule has 1 aliphatic heterocycles. The van der Waals surface area contributed by atoms with Gasteiger partial charge in [-0.25, -0.2) is 4.98 Å². The molecule has 1 unspecified atom stereocenters. The Hall–Kier alpha value is -1.09. The summed E-state index contributed by atoms with van der Waals surface area (Å²) in [5, 5.41) is 8.36. The average Bonchev–Trinajstić information content (AvgIpc) is 2.50. The molecule has 2 heterocycles. The minimum atomic E-state index is 0.352. The number of halogens is 1. The van der Waals surface area contributed by atoms with Crippen LogP contribution < -0.4 is 4.90 Å². The van der Waals surface area contributed by atoms with Gasteiger partial charge in [-0.1, -0.05) is 18.5 Å². The first-order valence-electron chi connectivity index (χ1n) is 4.66. The van der Waals surface area contributed by atoms with Gasteiger partial charge in [0.1, 0.15) is 11.0 Å². The van der Waals surface area contributed by atoms with Crippen molar-refractivity contribution < 1.29 is 0 Å². The molecule has 4 heteroatoms. The first-order valence-corrected chi connectivity index (χ1v) is 5.04. The zero-order valence-corrected chi connectivity index (χ0v) is 8.75. The van der Waals surface area contributed by atoms with E-state index in [2.05, 4.69) is 11.9 Å². The van der Waals surface area contributed by atoms with Crippen LogP contribution in [0.2, 0.25) is 5.15 Å². The summed E-state index contributed by atoms with van der Waals surface area (Å²) in [6.07, 6.45) is 2.76. The number of nitrogens with zero attached hydrogens (tertiary/aromatic N) is 2. The number of rotatable bonds is 1. The smallest absolute Gasteiger partial charge is 0.129 e. The van der Waals surface area contributed by atoms with E-state index in [1.807, 2.05) is 11.0 Å². The largest absolute Gasteiger partial charge is 0.329 e. The molecule has 3 nitrogen and oxygen atoms in total. The van der Waals surface area contributed by atoms with Gasteiger partial charge in [0, 0.05) is 12.5 Å². The van der Waals surface area contributed by atoms with E-state index >= 15 is 0 Å². The Kier molecular flexibility index (Phi) is 2.42. The molecule has 1 aromatic rings. The molecule has 14 heavy (non-hydrogen) atoms. The molecule has 0 aromatic carbocycles. The molecular formula is C10H12ClN3. The molecule has 1 fully saturated rings. The van der Waals surface area contributed by atoms with Gasteiger partial charge in [-0.2, -0.15) is 0 Å². The molecule has 0 bridgehead atoms. The van der Waals surface area contributed by atoms with Crippen LogP contribution in [0.3, 0.4) is 0 Å². The molecule has 1 aromatic heterocycles. The summed E-state index contributed by atoms with van der Waals surface area (Å²) in [5.74, 6) is 1.03. The molecule has 0 saturated carbocycles. The Morgan fingerprint density at radius 1 is 1.57 bits per heavy atom. The third-order valence-corrected chi connectivity index (χ3v) is 2.79. The summed E-state index contributed by atoms with van der Waals surface area (Å²) < 4.78 is 0. The molecule has 0 radical (unpaired) electrons. The summed E-state index contributed by atoms with van der Waals surface area (Å²) in [5.41, 5.74) is 0.962. The molecule has 74 valence electrons. The fourth-order valence-corrected chi connectivity index (χ4v) is 1.75. The van der Waals surface area contributed by atoms with Gasteiger partial charge in [0.25, 0.3) is 0 Å². The van der Waals surface area contributed by atoms with E-state index in [9.17, 15) is 0 Å². The molecule has 0 aliphatic carbocycles. The van der Waals surface area contributed by atoms with Gasteiger partial charge in [0.15, 0.2) is 0 Å². The standard InChI is InChI=1S/C10H12ClN3/c1-7-4-5-14(10(7)12)8-2-3-9(11)13-6-8/h2-3,6-7,12H,4-5H2,1H3. The predicted molar refractivity (Wildman–Crippen MR) is 58.1 cm³/mol. The van der Waals surface area contributed by atoms with Crippen molar-refractivity contribution in [1.29, 1.82) is 5.41 Å². The lowest BCUT2D eigenvalue weighted by Crippen LogP contribution is -2.25. The second-order valence-corrected chi connectivity index (χ2v) is 3.95. The van der Waals surface area contributed by atoms with Crippen LogP contribution in [-0.2, 0) is 0 Å². The SMILES string of the molecule is CC1CCN(c2ccc(Cl)nc2)C1=N. The van der Waals surface area contributed by atoms with Crippen LogP contribution in [0, 0.1) is 11.3 Å². The Labute approximate surface area is 88.2 Å². The summed E-state index contributed by atoms with van der Waals surface area (Å²) in [7, 11) is 0. The van der Waals surface area contributed by atoms with Crippen LogP contribution in [0.15, 0.2) is 18.3 Å². The molecule has 1 saturated heterocycles. The topological polar surface area (TPSA) is 40.0 Å². The molecule has 1 atom stereocenters. The van der Waals surface area contributed by atoms with E-state index in [0.717, 1.165) is 18.7 Å². The van der Waals surface area contributed by atoms with Crippen molar-refractivity contribution in [2.75, 3.05) is 11.4 Å². The second kappa shape index (κ2) is 3.58. The average molecular weight is 210 g/mol. The number of hydrogen-bond acceptors (Lipinski definition) is 2. The molecule has 1 aliphatic rings. The van der Waals surface area contributed by atoms with Crippen molar-refractivity contribution in [2.24, 2.45) is 5.92 Å². The van der Waals surface area contributed by atoms with Crippen molar-refractivity contribution >= 4 is 23.1 Å². The zero-order valence-electron chi connectivity index (χ0n) is 8.00. The first-order chi connectivity index (χ1) is 6.68. The fraction of sp³-hybridized carbons (Fsp3) is 0.400. The maximum atomic E-state index is 7.87. The van der Waals surface area contributed by atoms with Gasteiger partial charge in [0.05, 0.1) is 11.9 Å². The van der Waals surface area contributed by atoms with Gasteiger partial charge >= 0.3 is 0 Å². The Balaban J connectivity index is 2.24. The monoisotopic (exact) mass is 209 g/mol. The van der Waals surface area contributed by atoms with Crippen LogP contribution in [0.4, 0.5) is 5.69 Å². The maximum absolute atomic E-state index is 7.87. The Bertz CT molecular complexity index is 347. The fourth-order valence-electron chi connectivity index (χ4n) is 1.64.